The van der Waals surface area contributed by atoms with Crippen LogP contribution in [0.5, 0.6) is 0 Å². The number of halogens is 1. The number of sulfonamides is 1. The lowest BCUT2D eigenvalue weighted by molar-refractivity contribution is 0.0696. The van der Waals surface area contributed by atoms with Gasteiger partial charge in [-0.15, -0.1) is 0 Å². The molecule has 0 bridgehead atoms. The predicted molar refractivity (Wildman–Crippen MR) is 82.8 cm³/mol. The number of nitrogens with zero attached hydrogens (tertiary/aromatic N) is 1. The van der Waals surface area contributed by atoms with Gasteiger partial charge in [-0.05, 0) is 37.1 Å². The van der Waals surface area contributed by atoms with E-state index < -0.39 is 21.8 Å². The van der Waals surface area contributed by atoms with E-state index in [1.54, 1.807) is 12.1 Å². The Kier molecular flexibility index (Phi) is 3.60. The van der Waals surface area contributed by atoms with Gasteiger partial charge in [0.2, 0.25) is 0 Å². The highest BCUT2D eigenvalue weighted by Crippen LogP contribution is 2.34. The predicted octanol–water partition coefficient (Wildman–Crippen LogP) is 2.58. The lowest BCUT2D eigenvalue weighted by atomic mass is 10.1. The zero-order chi connectivity index (χ0) is 16.8. The Morgan fingerprint density at radius 3 is 2.65 bits per heavy atom. The summed E-state index contributed by atoms with van der Waals surface area (Å²) in [7, 11) is -4.03. The molecule has 0 atom stereocenters. The van der Waals surface area contributed by atoms with Crippen molar-refractivity contribution in [2.24, 2.45) is 0 Å². The molecule has 0 spiro atoms. The zero-order valence-electron chi connectivity index (χ0n) is 12.3. The van der Waals surface area contributed by atoms with E-state index in [2.05, 4.69) is 0 Å². The second-order valence-electron chi connectivity index (χ2n) is 5.34. The first kappa shape index (κ1) is 15.5. The van der Waals surface area contributed by atoms with Crippen LogP contribution in [0.15, 0.2) is 41.3 Å². The third-order valence-corrected chi connectivity index (χ3v) is 5.90. The maximum Gasteiger partial charge on any atom is 0.335 e. The van der Waals surface area contributed by atoms with Crippen LogP contribution >= 0.6 is 0 Å². The van der Waals surface area contributed by atoms with Gasteiger partial charge in [-0.2, -0.15) is 0 Å². The van der Waals surface area contributed by atoms with Crippen molar-refractivity contribution in [2.45, 2.75) is 18.2 Å². The molecule has 0 aliphatic carbocycles. The molecule has 1 heterocycles. The Morgan fingerprint density at radius 1 is 1.26 bits per heavy atom. The van der Waals surface area contributed by atoms with Crippen molar-refractivity contribution in [3.63, 3.8) is 0 Å². The minimum absolute atomic E-state index is 0.0839. The third-order valence-electron chi connectivity index (χ3n) is 3.96. The Morgan fingerprint density at radius 2 is 1.96 bits per heavy atom. The summed E-state index contributed by atoms with van der Waals surface area (Å²) >= 11 is 0. The summed E-state index contributed by atoms with van der Waals surface area (Å²) in [6.45, 7) is 1.58. The lowest BCUT2D eigenvalue weighted by Gasteiger charge is -2.21. The van der Waals surface area contributed by atoms with Crippen LogP contribution in [0.4, 0.5) is 10.1 Å². The monoisotopic (exact) mass is 335 g/mol. The van der Waals surface area contributed by atoms with Crippen molar-refractivity contribution >= 4 is 21.7 Å². The molecule has 1 N–H and O–H groups in total. The van der Waals surface area contributed by atoms with Crippen LogP contribution in [0.25, 0.3) is 0 Å². The van der Waals surface area contributed by atoms with Gasteiger partial charge >= 0.3 is 5.97 Å². The minimum atomic E-state index is -4.03. The molecular weight excluding hydrogens is 321 g/mol. The molecule has 2 aromatic rings. The molecule has 2 aromatic carbocycles. The average molecular weight is 335 g/mol. The molecule has 1 aliphatic heterocycles. The van der Waals surface area contributed by atoms with Crippen molar-refractivity contribution < 1.29 is 22.7 Å². The molecule has 0 aromatic heterocycles. The molecule has 23 heavy (non-hydrogen) atoms. The molecule has 0 radical (unpaired) electrons. The number of hydrogen-bond donors (Lipinski definition) is 1. The summed E-state index contributed by atoms with van der Waals surface area (Å²) < 4.78 is 41.0. The van der Waals surface area contributed by atoms with Crippen molar-refractivity contribution in [1.29, 1.82) is 0 Å². The maximum atomic E-state index is 14.0. The van der Waals surface area contributed by atoms with E-state index in [-0.39, 0.29) is 22.6 Å². The maximum absolute atomic E-state index is 14.0. The Balaban J connectivity index is 2.17. The van der Waals surface area contributed by atoms with Crippen LogP contribution in [0.1, 0.15) is 21.5 Å². The molecule has 120 valence electrons. The first-order chi connectivity index (χ1) is 10.8. The second-order valence-corrected chi connectivity index (χ2v) is 7.17. The van der Waals surface area contributed by atoms with Crippen LogP contribution in [0.3, 0.4) is 0 Å². The van der Waals surface area contributed by atoms with Gasteiger partial charge in [0.1, 0.15) is 5.82 Å². The SMILES string of the molecule is Cc1c(F)cc(C(=O)O)cc1S(=O)(=O)N1CCc2ccccc21. The second kappa shape index (κ2) is 5.34. The fourth-order valence-electron chi connectivity index (χ4n) is 2.72. The topological polar surface area (TPSA) is 74.7 Å². The van der Waals surface area contributed by atoms with Gasteiger partial charge in [0.25, 0.3) is 10.0 Å². The van der Waals surface area contributed by atoms with Gasteiger partial charge in [-0.25, -0.2) is 17.6 Å². The van der Waals surface area contributed by atoms with Crippen LogP contribution in [0.2, 0.25) is 0 Å². The van der Waals surface area contributed by atoms with Crippen molar-refractivity contribution in [1.82, 2.24) is 0 Å². The Bertz CT molecular complexity index is 908. The van der Waals surface area contributed by atoms with E-state index in [1.165, 1.54) is 11.2 Å². The summed E-state index contributed by atoms with van der Waals surface area (Å²) in [5.41, 5.74) is 0.968. The molecular formula is C16H14FNO4S. The van der Waals surface area contributed by atoms with Crippen molar-refractivity contribution in [3.05, 3.63) is 58.9 Å². The summed E-state index contributed by atoms with van der Waals surface area (Å²) in [6, 6.07) is 8.92. The van der Waals surface area contributed by atoms with Crippen LogP contribution in [0, 0.1) is 12.7 Å². The quantitative estimate of drug-likeness (QED) is 0.935. The number of carboxylic acid groups (broad SMARTS) is 1. The number of carbonyl (C=O) groups is 1. The standard InChI is InChI=1S/C16H14FNO4S/c1-10-13(17)8-12(16(19)20)9-15(10)23(21,22)18-7-6-11-4-2-3-5-14(11)18/h2-5,8-9H,6-7H2,1H3,(H,19,20). The highest BCUT2D eigenvalue weighted by Gasteiger charge is 2.33. The molecule has 7 heteroatoms. The number of rotatable bonds is 3. The smallest absolute Gasteiger partial charge is 0.335 e. The van der Waals surface area contributed by atoms with Gasteiger partial charge < -0.3 is 5.11 Å². The Labute approximate surface area is 133 Å². The van der Waals surface area contributed by atoms with Crippen molar-refractivity contribution in [2.75, 3.05) is 10.8 Å². The molecule has 0 saturated carbocycles. The summed E-state index contributed by atoms with van der Waals surface area (Å²) in [4.78, 5) is 10.8. The number of fused-ring (bicyclic) bond motifs is 1. The molecule has 1 aliphatic rings. The van der Waals surface area contributed by atoms with Crippen LogP contribution < -0.4 is 4.31 Å². The van der Waals surface area contributed by atoms with Crippen LogP contribution in [-0.2, 0) is 16.4 Å². The molecule has 0 amide bonds. The lowest BCUT2D eigenvalue weighted by Crippen LogP contribution is -2.30. The normalized spacial score (nSPS) is 13.9. The van der Waals surface area contributed by atoms with Gasteiger partial charge in [0.15, 0.2) is 0 Å². The third kappa shape index (κ3) is 2.46. The molecule has 0 fully saturated rings. The minimum Gasteiger partial charge on any atom is -0.478 e. The van der Waals surface area contributed by atoms with E-state index in [4.69, 9.17) is 5.11 Å². The number of benzene rings is 2. The largest absolute Gasteiger partial charge is 0.478 e. The summed E-state index contributed by atoms with van der Waals surface area (Å²) in [6.07, 6.45) is 0.565. The number of para-hydroxylation sites is 1. The first-order valence-electron chi connectivity index (χ1n) is 6.96. The fraction of sp³-hybridized carbons (Fsp3) is 0.188. The van der Waals surface area contributed by atoms with Crippen molar-refractivity contribution in [3.8, 4) is 0 Å². The van der Waals surface area contributed by atoms with E-state index in [0.717, 1.165) is 17.7 Å². The van der Waals surface area contributed by atoms with Gasteiger partial charge in [-0.3, -0.25) is 4.31 Å². The zero-order valence-corrected chi connectivity index (χ0v) is 13.1. The Hall–Kier alpha value is -2.41. The molecule has 0 saturated heterocycles. The van der Waals surface area contributed by atoms with Crippen LogP contribution in [-0.4, -0.2) is 26.0 Å². The number of anilines is 1. The first-order valence-corrected chi connectivity index (χ1v) is 8.40. The average Bonchev–Trinajstić information content (AvgIpc) is 2.94. The van der Waals surface area contributed by atoms with E-state index in [9.17, 15) is 17.6 Å². The van der Waals surface area contributed by atoms with E-state index in [0.29, 0.717) is 12.1 Å². The highest BCUT2D eigenvalue weighted by molar-refractivity contribution is 7.93. The number of aromatic carboxylic acids is 1. The van der Waals surface area contributed by atoms with E-state index in [1.807, 2.05) is 12.1 Å². The van der Waals surface area contributed by atoms with E-state index >= 15 is 0 Å². The molecule has 5 nitrogen and oxygen atoms in total. The molecule has 0 unspecified atom stereocenters. The summed E-state index contributed by atoms with van der Waals surface area (Å²) in [5.74, 6) is -2.22. The fourth-order valence-corrected chi connectivity index (χ4v) is 4.49. The summed E-state index contributed by atoms with van der Waals surface area (Å²) in [5, 5.41) is 9.04. The van der Waals surface area contributed by atoms with Gasteiger partial charge in [0, 0.05) is 12.1 Å². The molecule has 3 rings (SSSR count). The number of hydrogen-bond acceptors (Lipinski definition) is 3. The number of carboxylic acids is 1. The highest BCUT2D eigenvalue weighted by atomic mass is 32.2. The van der Waals surface area contributed by atoms with Gasteiger partial charge in [0.05, 0.1) is 16.1 Å². The van der Waals surface area contributed by atoms with Gasteiger partial charge in [-0.1, -0.05) is 18.2 Å².